The molecule has 3 aromatic rings. The first-order valence-electron chi connectivity index (χ1n) is 6.29. The number of aryl methyl sites for hydroxylation is 1. The maximum Gasteiger partial charge on any atom is 0.264 e. The maximum atomic E-state index is 12.3. The molecule has 108 valence electrons. The van der Waals surface area contributed by atoms with Gasteiger partial charge in [-0.2, -0.15) is 0 Å². The smallest absolute Gasteiger partial charge is 0.264 e. The molecule has 3 rings (SSSR count). The highest BCUT2D eigenvalue weighted by Gasteiger charge is 2.16. The molecule has 0 aliphatic carbocycles. The average molecular weight is 302 g/mol. The number of nitrogens with zero attached hydrogens (tertiary/aromatic N) is 1. The summed E-state index contributed by atoms with van der Waals surface area (Å²) in [7, 11) is -3.66. The highest BCUT2D eigenvalue weighted by atomic mass is 32.2. The van der Waals surface area contributed by atoms with Gasteiger partial charge in [0.1, 0.15) is 0 Å². The molecular weight excluding hydrogens is 288 g/mol. The second-order valence-electron chi connectivity index (χ2n) is 4.78. The van der Waals surface area contributed by atoms with Crippen molar-refractivity contribution in [2.24, 2.45) is 0 Å². The number of fused-ring (bicyclic) bond motifs is 1. The standard InChI is InChI=1S/C14H14N4O2S/c1-9-2-5-11(6-3-9)21(19,20)18-14-16-12-7-4-10(15)8-13(12)17-14/h2-8H,15H2,1H3,(H2,16,17,18). The molecule has 0 atom stereocenters. The minimum absolute atomic E-state index is 0.163. The molecule has 1 aromatic heterocycles. The second-order valence-corrected chi connectivity index (χ2v) is 6.46. The van der Waals surface area contributed by atoms with Crippen molar-refractivity contribution >= 4 is 32.7 Å². The zero-order valence-electron chi connectivity index (χ0n) is 11.3. The Morgan fingerprint density at radius 1 is 1.14 bits per heavy atom. The van der Waals surface area contributed by atoms with Crippen molar-refractivity contribution < 1.29 is 8.42 Å². The van der Waals surface area contributed by atoms with E-state index < -0.39 is 10.0 Å². The number of rotatable bonds is 3. The fourth-order valence-corrected chi connectivity index (χ4v) is 2.94. The number of anilines is 2. The first-order valence-corrected chi connectivity index (χ1v) is 7.77. The van der Waals surface area contributed by atoms with E-state index in [1.807, 2.05) is 6.92 Å². The number of imidazole rings is 1. The number of nitrogen functional groups attached to an aromatic ring is 1. The first kappa shape index (κ1) is 13.4. The molecule has 0 aliphatic rings. The number of nitrogens with one attached hydrogen (secondary N) is 2. The molecule has 0 saturated carbocycles. The zero-order chi connectivity index (χ0) is 15.0. The second kappa shape index (κ2) is 4.78. The largest absolute Gasteiger partial charge is 0.399 e. The van der Waals surface area contributed by atoms with Crippen molar-refractivity contribution in [1.29, 1.82) is 0 Å². The molecule has 0 amide bonds. The van der Waals surface area contributed by atoms with Crippen LogP contribution in [0.4, 0.5) is 11.6 Å². The topological polar surface area (TPSA) is 101 Å². The van der Waals surface area contributed by atoms with Gasteiger partial charge < -0.3 is 10.7 Å². The summed E-state index contributed by atoms with van der Waals surface area (Å²) in [6.07, 6.45) is 0. The van der Waals surface area contributed by atoms with Crippen molar-refractivity contribution in [2.75, 3.05) is 10.5 Å². The summed E-state index contributed by atoms with van der Waals surface area (Å²) in [5.41, 5.74) is 8.58. The maximum absolute atomic E-state index is 12.3. The molecule has 2 aromatic carbocycles. The predicted molar refractivity (Wildman–Crippen MR) is 82.5 cm³/mol. The third-order valence-corrected chi connectivity index (χ3v) is 4.42. The van der Waals surface area contributed by atoms with Crippen LogP contribution in [0.3, 0.4) is 0 Å². The van der Waals surface area contributed by atoms with Crippen LogP contribution in [0.2, 0.25) is 0 Å². The van der Waals surface area contributed by atoms with Gasteiger partial charge in [0.05, 0.1) is 15.9 Å². The molecule has 7 heteroatoms. The summed E-state index contributed by atoms with van der Waals surface area (Å²) in [5, 5.41) is 0. The van der Waals surface area contributed by atoms with Gasteiger partial charge in [-0.15, -0.1) is 0 Å². The van der Waals surface area contributed by atoms with Crippen molar-refractivity contribution in [2.45, 2.75) is 11.8 Å². The molecule has 6 nitrogen and oxygen atoms in total. The van der Waals surface area contributed by atoms with Crippen molar-refractivity contribution in [1.82, 2.24) is 9.97 Å². The van der Waals surface area contributed by atoms with Crippen LogP contribution >= 0.6 is 0 Å². The summed E-state index contributed by atoms with van der Waals surface area (Å²) in [6.45, 7) is 1.90. The Hall–Kier alpha value is -2.54. The van der Waals surface area contributed by atoms with Crippen molar-refractivity contribution in [3.05, 3.63) is 48.0 Å². The number of nitrogens with two attached hydrogens (primary N) is 1. The van der Waals surface area contributed by atoms with Crippen LogP contribution in [0.1, 0.15) is 5.56 Å². The van der Waals surface area contributed by atoms with Gasteiger partial charge in [-0.25, -0.2) is 18.1 Å². The van der Waals surface area contributed by atoms with Gasteiger partial charge in [-0.05, 0) is 37.3 Å². The molecule has 0 unspecified atom stereocenters. The number of aromatic nitrogens is 2. The van der Waals surface area contributed by atoms with E-state index in [1.54, 1.807) is 42.5 Å². The Morgan fingerprint density at radius 2 is 1.86 bits per heavy atom. The number of H-pyrrole nitrogens is 1. The summed E-state index contributed by atoms with van der Waals surface area (Å²) in [6, 6.07) is 11.7. The van der Waals surface area contributed by atoms with E-state index >= 15 is 0 Å². The van der Waals surface area contributed by atoms with Gasteiger partial charge in [0.25, 0.3) is 10.0 Å². The minimum Gasteiger partial charge on any atom is -0.399 e. The van der Waals surface area contributed by atoms with Gasteiger partial charge in [0.15, 0.2) is 0 Å². The molecular formula is C14H14N4O2S. The van der Waals surface area contributed by atoms with E-state index in [0.717, 1.165) is 5.56 Å². The highest BCUT2D eigenvalue weighted by Crippen LogP contribution is 2.19. The summed E-state index contributed by atoms with van der Waals surface area (Å²) in [4.78, 5) is 7.26. The van der Waals surface area contributed by atoms with Crippen molar-refractivity contribution in [3.8, 4) is 0 Å². The predicted octanol–water partition coefficient (Wildman–Crippen LogP) is 2.25. The lowest BCUT2D eigenvalue weighted by Crippen LogP contribution is -2.13. The third-order valence-electron chi connectivity index (χ3n) is 3.07. The molecule has 0 saturated heterocycles. The van der Waals surface area contributed by atoms with E-state index in [2.05, 4.69) is 14.7 Å². The molecule has 0 radical (unpaired) electrons. The quantitative estimate of drug-likeness (QED) is 0.646. The molecule has 0 fully saturated rings. The summed E-state index contributed by atoms with van der Waals surface area (Å²) in [5.74, 6) is 0.163. The summed E-state index contributed by atoms with van der Waals surface area (Å²) >= 11 is 0. The van der Waals surface area contributed by atoms with Gasteiger partial charge in [-0.3, -0.25) is 0 Å². The molecule has 0 aliphatic heterocycles. The molecule has 1 heterocycles. The Kier molecular flexibility index (Phi) is 3.06. The molecule has 21 heavy (non-hydrogen) atoms. The number of aromatic amines is 1. The SMILES string of the molecule is Cc1ccc(S(=O)(=O)Nc2nc3ccc(N)cc3[nH]2)cc1. The number of hydrogen-bond donors (Lipinski definition) is 3. The minimum atomic E-state index is -3.66. The van der Waals surface area contributed by atoms with E-state index in [9.17, 15) is 8.42 Å². The van der Waals surface area contributed by atoms with E-state index in [-0.39, 0.29) is 10.8 Å². The van der Waals surface area contributed by atoms with Gasteiger partial charge in [0, 0.05) is 5.69 Å². The van der Waals surface area contributed by atoms with E-state index in [1.165, 1.54) is 0 Å². The third kappa shape index (κ3) is 2.68. The van der Waals surface area contributed by atoms with Crippen LogP contribution in [0.25, 0.3) is 11.0 Å². The van der Waals surface area contributed by atoms with Crippen LogP contribution < -0.4 is 10.5 Å². The lowest BCUT2D eigenvalue weighted by molar-refractivity contribution is 0.601. The Balaban J connectivity index is 1.95. The fraction of sp³-hybridized carbons (Fsp3) is 0.0714. The van der Waals surface area contributed by atoms with Crippen LogP contribution in [0, 0.1) is 6.92 Å². The Morgan fingerprint density at radius 3 is 2.57 bits per heavy atom. The Labute approximate surface area is 122 Å². The van der Waals surface area contributed by atoms with Crippen molar-refractivity contribution in [3.63, 3.8) is 0 Å². The van der Waals surface area contributed by atoms with Gasteiger partial charge in [0.2, 0.25) is 5.95 Å². The molecule has 0 spiro atoms. The number of hydrogen-bond acceptors (Lipinski definition) is 4. The Bertz CT molecular complexity index is 898. The number of sulfonamides is 1. The highest BCUT2D eigenvalue weighted by molar-refractivity contribution is 7.92. The molecule has 0 bridgehead atoms. The number of benzene rings is 2. The van der Waals surface area contributed by atoms with Gasteiger partial charge in [-0.1, -0.05) is 17.7 Å². The normalized spacial score (nSPS) is 11.7. The fourth-order valence-electron chi connectivity index (χ4n) is 1.98. The lowest BCUT2D eigenvalue weighted by atomic mass is 10.2. The van der Waals surface area contributed by atoms with E-state index in [4.69, 9.17) is 5.73 Å². The van der Waals surface area contributed by atoms with E-state index in [0.29, 0.717) is 16.7 Å². The molecule has 4 N–H and O–H groups in total. The summed E-state index contributed by atoms with van der Waals surface area (Å²) < 4.78 is 26.9. The first-order chi connectivity index (χ1) is 9.94. The lowest BCUT2D eigenvalue weighted by Gasteiger charge is -2.05. The van der Waals surface area contributed by atoms with Gasteiger partial charge >= 0.3 is 0 Å². The van der Waals surface area contributed by atoms with Crippen LogP contribution in [-0.2, 0) is 10.0 Å². The van der Waals surface area contributed by atoms with Crippen LogP contribution in [0.15, 0.2) is 47.4 Å². The van der Waals surface area contributed by atoms with Crippen LogP contribution in [0.5, 0.6) is 0 Å². The monoisotopic (exact) mass is 302 g/mol. The van der Waals surface area contributed by atoms with Crippen LogP contribution in [-0.4, -0.2) is 18.4 Å². The zero-order valence-corrected chi connectivity index (χ0v) is 12.1. The average Bonchev–Trinajstić information content (AvgIpc) is 2.79.